The first kappa shape index (κ1) is 17.8. The minimum absolute atomic E-state index is 0.110. The first-order valence-corrected chi connectivity index (χ1v) is 9.12. The summed E-state index contributed by atoms with van der Waals surface area (Å²) in [6.07, 6.45) is 3.04. The van der Waals surface area contributed by atoms with Crippen LogP contribution >= 0.6 is 23.4 Å². The van der Waals surface area contributed by atoms with E-state index in [1.165, 1.54) is 17.8 Å². The lowest BCUT2D eigenvalue weighted by molar-refractivity contribution is -0.107. The fourth-order valence-electron chi connectivity index (χ4n) is 2.79. The summed E-state index contributed by atoms with van der Waals surface area (Å²) in [5.41, 5.74) is 2.96. The molecular formula is C19H14ClF2NOS. The molecule has 3 rings (SSSR count). The molecule has 0 fully saturated rings. The number of benzene rings is 2. The highest BCUT2D eigenvalue weighted by atomic mass is 35.5. The number of pyridine rings is 1. The number of rotatable bonds is 4. The third kappa shape index (κ3) is 3.26. The Hall–Kier alpha value is -1.98. The van der Waals surface area contributed by atoms with Gasteiger partial charge in [-0.05, 0) is 36.4 Å². The van der Waals surface area contributed by atoms with Gasteiger partial charge in [0.05, 0.1) is 21.6 Å². The average molecular weight is 378 g/mol. The van der Waals surface area contributed by atoms with Crippen molar-refractivity contribution in [1.82, 2.24) is 4.98 Å². The number of carbonyl (C=O) groups is 1. The van der Waals surface area contributed by atoms with Gasteiger partial charge >= 0.3 is 0 Å². The number of halogens is 3. The largest absolute Gasteiger partial charge is 0.303 e. The molecule has 0 aliphatic carbocycles. The molecule has 128 valence electrons. The van der Waals surface area contributed by atoms with Crippen LogP contribution < -0.4 is 0 Å². The molecule has 0 saturated heterocycles. The van der Waals surface area contributed by atoms with Gasteiger partial charge in [0.25, 0.3) is 0 Å². The van der Waals surface area contributed by atoms with E-state index in [4.69, 9.17) is 11.6 Å². The molecule has 3 aromatic rings. The van der Waals surface area contributed by atoms with Gasteiger partial charge in [-0.25, -0.2) is 13.8 Å². The number of aldehydes is 1. The Balaban J connectivity index is 2.34. The van der Waals surface area contributed by atoms with Crippen molar-refractivity contribution < 1.29 is 13.6 Å². The molecule has 1 heterocycles. The Bertz CT molecular complexity index is 991. The maximum Gasteiger partial charge on any atom is 0.137 e. The smallest absolute Gasteiger partial charge is 0.137 e. The Morgan fingerprint density at radius 3 is 2.68 bits per heavy atom. The summed E-state index contributed by atoms with van der Waals surface area (Å²) in [6.45, 7) is 1.75. The molecule has 0 bridgehead atoms. The van der Waals surface area contributed by atoms with Crippen LogP contribution in [0.15, 0.2) is 35.2 Å². The normalized spacial score (nSPS) is 11.1. The summed E-state index contributed by atoms with van der Waals surface area (Å²) in [6, 6.07) is 7.62. The predicted molar refractivity (Wildman–Crippen MR) is 98.4 cm³/mol. The highest BCUT2D eigenvalue weighted by Crippen LogP contribution is 2.38. The minimum Gasteiger partial charge on any atom is -0.303 e. The van der Waals surface area contributed by atoms with Gasteiger partial charge in [-0.3, -0.25) is 0 Å². The highest BCUT2D eigenvalue weighted by molar-refractivity contribution is 7.98. The van der Waals surface area contributed by atoms with E-state index in [9.17, 15) is 13.6 Å². The number of nitrogens with zero attached hydrogens (tertiary/aromatic N) is 1. The summed E-state index contributed by atoms with van der Waals surface area (Å²) in [4.78, 5) is 16.2. The summed E-state index contributed by atoms with van der Waals surface area (Å²) in [5, 5.41) is 0.324. The molecule has 0 unspecified atom stereocenters. The zero-order chi connectivity index (χ0) is 18.1. The summed E-state index contributed by atoms with van der Waals surface area (Å²) in [5.74, 6) is -1.44. The van der Waals surface area contributed by atoms with E-state index in [0.29, 0.717) is 11.3 Å². The quantitative estimate of drug-likeness (QED) is 0.437. The van der Waals surface area contributed by atoms with Crippen molar-refractivity contribution in [3.05, 3.63) is 58.1 Å². The second-order valence-electron chi connectivity index (χ2n) is 5.59. The van der Waals surface area contributed by atoms with E-state index in [0.717, 1.165) is 28.4 Å². The molecule has 2 aromatic carbocycles. The van der Waals surface area contributed by atoms with Gasteiger partial charge in [0, 0.05) is 29.0 Å². The molecular weight excluding hydrogens is 364 g/mol. The van der Waals surface area contributed by atoms with Crippen molar-refractivity contribution in [2.45, 2.75) is 18.2 Å². The molecule has 0 saturated carbocycles. The van der Waals surface area contributed by atoms with E-state index in [-0.39, 0.29) is 22.3 Å². The molecule has 25 heavy (non-hydrogen) atoms. The van der Waals surface area contributed by atoms with Crippen LogP contribution in [0, 0.1) is 18.6 Å². The predicted octanol–water partition coefficient (Wildman–Crippen LogP) is 5.61. The van der Waals surface area contributed by atoms with Gasteiger partial charge in [-0.1, -0.05) is 17.7 Å². The molecule has 0 aliphatic heterocycles. The number of hydrogen-bond donors (Lipinski definition) is 0. The van der Waals surface area contributed by atoms with Crippen LogP contribution in [0.25, 0.3) is 22.2 Å². The summed E-state index contributed by atoms with van der Waals surface area (Å²) >= 11 is 7.89. The lowest BCUT2D eigenvalue weighted by Crippen LogP contribution is -1.97. The molecule has 0 N–H and O–H groups in total. The average Bonchev–Trinajstić information content (AvgIpc) is 2.57. The first-order chi connectivity index (χ1) is 12.0. The zero-order valence-corrected chi connectivity index (χ0v) is 15.1. The van der Waals surface area contributed by atoms with Crippen molar-refractivity contribution >= 4 is 40.6 Å². The monoisotopic (exact) mass is 377 g/mol. The van der Waals surface area contributed by atoms with Gasteiger partial charge in [-0.15, -0.1) is 11.8 Å². The number of carbonyl (C=O) groups excluding carboxylic acids is 1. The molecule has 6 heteroatoms. The minimum atomic E-state index is -0.734. The second kappa shape index (κ2) is 7.10. The van der Waals surface area contributed by atoms with E-state index in [1.807, 2.05) is 24.5 Å². The van der Waals surface area contributed by atoms with Gasteiger partial charge in [0.1, 0.15) is 17.9 Å². The van der Waals surface area contributed by atoms with Crippen LogP contribution in [-0.4, -0.2) is 17.5 Å². The first-order valence-electron chi connectivity index (χ1n) is 7.52. The van der Waals surface area contributed by atoms with E-state index < -0.39 is 11.6 Å². The third-order valence-electron chi connectivity index (χ3n) is 4.01. The fraction of sp³-hybridized carbons (Fsp3) is 0.158. The summed E-state index contributed by atoms with van der Waals surface area (Å²) < 4.78 is 27.7. The van der Waals surface area contributed by atoms with Crippen molar-refractivity contribution in [2.75, 3.05) is 6.26 Å². The zero-order valence-electron chi connectivity index (χ0n) is 13.6. The SMILES string of the molecule is CSc1ccc(CC=O)cc1-c1nc2cc(F)cc(F)c2c(Cl)c1C. The molecule has 2 nitrogen and oxygen atoms in total. The topological polar surface area (TPSA) is 30.0 Å². The van der Waals surface area contributed by atoms with Crippen LogP contribution in [0.3, 0.4) is 0 Å². The molecule has 1 aromatic heterocycles. The van der Waals surface area contributed by atoms with Gasteiger partial charge in [0.15, 0.2) is 0 Å². The van der Waals surface area contributed by atoms with Gasteiger partial charge in [0.2, 0.25) is 0 Å². The lowest BCUT2D eigenvalue weighted by atomic mass is 10.0. The fourth-order valence-corrected chi connectivity index (χ4v) is 3.64. The summed E-state index contributed by atoms with van der Waals surface area (Å²) in [7, 11) is 0. The molecule has 0 amide bonds. The maximum atomic E-state index is 14.1. The lowest BCUT2D eigenvalue weighted by Gasteiger charge is -2.14. The van der Waals surface area contributed by atoms with Crippen LogP contribution in [0.1, 0.15) is 11.1 Å². The third-order valence-corrected chi connectivity index (χ3v) is 5.28. The number of thioether (sulfide) groups is 1. The molecule has 0 atom stereocenters. The number of hydrogen-bond acceptors (Lipinski definition) is 3. The Morgan fingerprint density at radius 1 is 1.24 bits per heavy atom. The maximum absolute atomic E-state index is 14.1. The second-order valence-corrected chi connectivity index (χ2v) is 6.81. The van der Waals surface area contributed by atoms with E-state index in [1.54, 1.807) is 6.92 Å². The van der Waals surface area contributed by atoms with Crippen molar-refractivity contribution in [3.8, 4) is 11.3 Å². The van der Waals surface area contributed by atoms with E-state index >= 15 is 0 Å². The van der Waals surface area contributed by atoms with Crippen molar-refractivity contribution in [3.63, 3.8) is 0 Å². The Kier molecular flexibility index (Phi) is 5.06. The van der Waals surface area contributed by atoms with Crippen LogP contribution in [0.5, 0.6) is 0 Å². The number of fused-ring (bicyclic) bond motifs is 1. The highest BCUT2D eigenvalue weighted by Gasteiger charge is 2.18. The number of aromatic nitrogens is 1. The van der Waals surface area contributed by atoms with E-state index in [2.05, 4.69) is 4.98 Å². The van der Waals surface area contributed by atoms with Crippen LogP contribution in [0.2, 0.25) is 5.02 Å². The Morgan fingerprint density at radius 2 is 2.00 bits per heavy atom. The van der Waals surface area contributed by atoms with Crippen molar-refractivity contribution in [2.24, 2.45) is 0 Å². The van der Waals surface area contributed by atoms with Crippen LogP contribution in [0.4, 0.5) is 8.78 Å². The van der Waals surface area contributed by atoms with Gasteiger partial charge in [-0.2, -0.15) is 0 Å². The molecule has 0 spiro atoms. The van der Waals surface area contributed by atoms with Crippen molar-refractivity contribution in [1.29, 1.82) is 0 Å². The molecule has 0 aliphatic rings. The van der Waals surface area contributed by atoms with Crippen LogP contribution in [-0.2, 0) is 11.2 Å². The Labute approximate surface area is 153 Å². The van der Waals surface area contributed by atoms with Gasteiger partial charge < -0.3 is 4.79 Å². The standard InChI is InChI=1S/C19H14ClF2NOS/c1-10-18(20)17-14(22)8-12(21)9-15(17)23-19(10)13-7-11(5-6-24)3-4-16(13)25-2/h3-4,6-9H,5H2,1-2H3. The molecule has 0 radical (unpaired) electrons.